The summed E-state index contributed by atoms with van der Waals surface area (Å²) in [6.45, 7) is 2.04. The van der Waals surface area contributed by atoms with Crippen molar-refractivity contribution < 1.29 is 18.0 Å². The van der Waals surface area contributed by atoms with Crippen LogP contribution in [0.2, 0.25) is 0 Å². The topological polar surface area (TPSA) is 68.0 Å². The van der Waals surface area contributed by atoms with Gasteiger partial charge >= 0.3 is 6.18 Å². The number of halogens is 3. The Bertz CT molecular complexity index is 515. The van der Waals surface area contributed by atoms with Crippen molar-refractivity contribution in [3.8, 4) is 0 Å². The fourth-order valence-electron chi connectivity index (χ4n) is 2.69. The van der Waals surface area contributed by atoms with Gasteiger partial charge in [-0.3, -0.25) is 4.79 Å². The van der Waals surface area contributed by atoms with Crippen LogP contribution < -0.4 is 11.1 Å². The van der Waals surface area contributed by atoms with Crippen molar-refractivity contribution in [1.82, 2.24) is 4.98 Å². The third-order valence-electron chi connectivity index (χ3n) is 3.80. The Balaban J connectivity index is 2.06. The maximum absolute atomic E-state index is 12.4. The van der Waals surface area contributed by atoms with Crippen molar-refractivity contribution in [3.63, 3.8) is 0 Å². The van der Waals surface area contributed by atoms with E-state index in [9.17, 15) is 18.0 Å². The first-order valence-electron chi connectivity index (χ1n) is 6.84. The first-order chi connectivity index (χ1) is 9.71. The number of pyridine rings is 1. The van der Waals surface area contributed by atoms with Gasteiger partial charge in [0.15, 0.2) is 0 Å². The molecule has 1 saturated carbocycles. The second-order valence-corrected chi connectivity index (χ2v) is 5.74. The van der Waals surface area contributed by atoms with Crippen molar-refractivity contribution in [2.45, 2.75) is 44.3 Å². The van der Waals surface area contributed by atoms with Gasteiger partial charge in [-0.2, -0.15) is 13.2 Å². The van der Waals surface area contributed by atoms with Gasteiger partial charge in [-0.05, 0) is 30.9 Å². The van der Waals surface area contributed by atoms with Gasteiger partial charge in [0.1, 0.15) is 5.69 Å². The predicted octanol–water partition coefficient (Wildman–Crippen LogP) is 2.95. The number of rotatable bonds is 2. The van der Waals surface area contributed by atoms with E-state index in [1.807, 2.05) is 6.92 Å². The maximum atomic E-state index is 12.4. The van der Waals surface area contributed by atoms with Gasteiger partial charge in [0, 0.05) is 0 Å². The molecule has 1 heterocycles. The lowest BCUT2D eigenvalue weighted by Gasteiger charge is -2.35. The number of aromatic nitrogens is 1. The number of alkyl halides is 3. The van der Waals surface area contributed by atoms with Gasteiger partial charge < -0.3 is 11.1 Å². The Kier molecular flexibility index (Phi) is 4.22. The van der Waals surface area contributed by atoms with Crippen LogP contribution in [0.1, 0.15) is 38.3 Å². The third kappa shape index (κ3) is 3.72. The molecule has 0 aliphatic heterocycles. The summed E-state index contributed by atoms with van der Waals surface area (Å²) >= 11 is 0. The minimum Gasteiger partial charge on any atom is -0.323 e. The molecule has 4 nitrogen and oxygen atoms in total. The van der Waals surface area contributed by atoms with Gasteiger partial charge in [0.2, 0.25) is 5.91 Å². The minimum absolute atomic E-state index is 0.219. The Hall–Kier alpha value is -1.63. The van der Waals surface area contributed by atoms with E-state index < -0.39 is 17.4 Å². The van der Waals surface area contributed by atoms with E-state index in [2.05, 4.69) is 10.3 Å². The fraction of sp³-hybridized carbons (Fsp3) is 0.571. The Morgan fingerprint density at radius 2 is 2.19 bits per heavy atom. The number of amides is 1. The number of anilines is 1. The predicted molar refractivity (Wildman–Crippen MR) is 72.4 cm³/mol. The van der Waals surface area contributed by atoms with E-state index in [-0.39, 0.29) is 11.6 Å². The number of carbonyl (C=O) groups is 1. The normalized spacial score (nSPS) is 26.4. The van der Waals surface area contributed by atoms with Gasteiger partial charge in [-0.15, -0.1) is 0 Å². The molecule has 0 radical (unpaired) electrons. The van der Waals surface area contributed by atoms with Crippen LogP contribution in [-0.4, -0.2) is 16.4 Å². The molecule has 1 aromatic rings. The van der Waals surface area contributed by atoms with Crippen LogP contribution in [0.3, 0.4) is 0 Å². The Labute approximate surface area is 120 Å². The summed E-state index contributed by atoms with van der Waals surface area (Å²) in [5.41, 5.74) is 4.40. The molecule has 1 aromatic heterocycles. The zero-order valence-corrected chi connectivity index (χ0v) is 11.7. The quantitative estimate of drug-likeness (QED) is 0.882. The molecule has 116 valence electrons. The van der Waals surface area contributed by atoms with Crippen molar-refractivity contribution in [2.24, 2.45) is 11.7 Å². The van der Waals surface area contributed by atoms with E-state index in [1.54, 1.807) is 0 Å². The molecule has 0 spiro atoms. The van der Waals surface area contributed by atoms with Crippen molar-refractivity contribution in [3.05, 3.63) is 24.0 Å². The number of nitrogens with one attached hydrogen (secondary N) is 1. The van der Waals surface area contributed by atoms with Crippen LogP contribution in [0.4, 0.5) is 18.9 Å². The molecule has 0 saturated heterocycles. The highest BCUT2D eigenvalue weighted by atomic mass is 19.4. The molecule has 2 unspecified atom stereocenters. The van der Waals surface area contributed by atoms with Crippen molar-refractivity contribution >= 4 is 11.6 Å². The third-order valence-corrected chi connectivity index (χ3v) is 3.80. The van der Waals surface area contributed by atoms with E-state index in [4.69, 9.17) is 5.73 Å². The number of hydrogen-bond acceptors (Lipinski definition) is 3. The van der Waals surface area contributed by atoms with E-state index in [0.717, 1.165) is 25.1 Å². The van der Waals surface area contributed by atoms with Crippen LogP contribution in [0.15, 0.2) is 18.3 Å². The second kappa shape index (κ2) is 5.63. The first kappa shape index (κ1) is 15.8. The molecule has 7 heteroatoms. The Morgan fingerprint density at radius 1 is 1.48 bits per heavy atom. The largest absolute Gasteiger partial charge is 0.433 e. The average Bonchev–Trinajstić information content (AvgIpc) is 2.38. The highest BCUT2D eigenvalue weighted by molar-refractivity contribution is 5.97. The van der Waals surface area contributed by atoms with Gasteiger partial charge in [-0.25, -0.2) is 4.98 Å². The molecule has 2 atom stereocenters. The van der Waals surface area contributed by atoms with Crippen molar-refractivity contribution in [1.29, 1.82) is 0 Å². The summed E-state index contributed by atoms with van der Waals surface area (Å²) in [7, 11) is 0. The molecule has 3 N–H and O–H groups in total. The average molecular weight is 301 g/mol. The van der Waals surface area contributed by atoms with E-state index in [1.165, 1.54) is 6.07 Å². The van der Waals surface area contributed by atoms with Gasteiger partial charge in [0.05, 0.1) is 17.4 Å². The highest BCUT2D eigenvalue weighted by Gasteiger charge is 2.38. The summed E-state index contributed by atoms with van der Waals surface area (Å²) < 4.78 is 37.2. The smallest absolute Gasteiger partial charge is 0.323 e. The lowest BCUT2D eigenvalue weighted by molar-refractivity contribution is -0.141. The molecule has 1 aliphatic carbocycles. The summed E-state index contributed by atoms with van der Waals surface area (Å²) in [6.07, 6.45) is -0.429. The van der Waals surface area contributed by atoms with Gasteiger partial charge in [-0.1, -0.05) is 19.8 Å². The summed E-state index contributed by atoms with van der Waals surface area (Å²) in [5.74, 6) is -0.00385. The number of nitrogens with zero attached hydrogens (tertiary/aromatic N) is 1. The monoisotopic (exact) mass is 301 g/mol. The molecular weight excluding hydrogens is 283 g/mol. The maximum Gasteiger partial charge on any atom is 0.433 e. The summed E-state index contributed by atoms with van der Waals surface area (Å²) in [4.78, 5) is 15.5. The van der Waals surface area contributed by atoms with Crippen LogP contribution in [-0.2, 0) is 11.0 Å². The molecular formula is C14H18F3N3O. The minimum atomic E-state index is -4.49. The standard InChI is InChI=1S/C14H18F3N3O/c1-9-3-2-6-13(18,7-9)12(21)20-10-4-5-11(19-8-10)14(15,16)17/h4-5,8-9H,2-3,6-7,18H2,1H3,(H,20,21). The lowest BCUT2D eigenvalue weighted by atomic mass is 9.76. The van der Waals surface area contributed by atoms with Crippen LogP contribution in [0.5, 0.6) is 0 Å². The SMILES string of the molecule is CC1CCCC(N)(C(=O)Nc2ccc(C(F)(F)F)nc2)C1. The zero-order valence-electron chi connectivity index (χ0n) is 11.7. The lowest BCUT2D eigenvalue weighted by Crippen LogP contribution is -2.53. The van der Waals surface area contributed by atoms with Crippen LogP contribution >= 0.6 is 0 Å². The van der Waals surface area contributed by atoms with Gasteiger partial charge in [0.25, 0.3) is 0 Å². The first-order valence-corrected chi connectivity index (χ1v) is 6.84. The van der Waals surface area contributed by atoms with E-state index in [0.29, 0.717) is 18.8 Å². The number of hydrogen-bond donors (Lipinski definition) is 2. The molecule has 0 aromatic carbocycles. The zero-order chi connectivity index (χ0) is 15.7. The molecule has 1 fully saturated rings. The van der Waals surface area contributed by atoms with E-state index >= 15 is 0 Å². The summed E-state index contributed by atoms with van der Waals surface area (Å²) in [6, 6.07) is 2.02. The second-order valence-electron chi connectivity index (χ2n) is 5.74. The molecule has 21 heavy (non-hydrogen) atoms. The molecule has 0 bridgehead atoms. The molecule has 1 aliphatic rings. The summed E-state index contributed by atoms with van der Waals surface area (Å²) in [5, 5.41) is 2.56. The number of nitrogens with two attached hydrogens (primary N) is 1. The molecule has 1 amide bonds. The molecule has 2 rings (SSSR count). The number of carbonyl (C=O) groups excluding carboxylic acids is 1. The fourth-order valence-corrected chi connectivity index (χ4v) is 2.69. The van der Waals surface area contributed by atoms with Crippen molar-refractivity contribution in [2.75, 3.05) is 5.32 Å². The Morgan fingerprint density at radius 3 is 2.71 bits per heavy atom. The van der Waals surface area contributed by atoms with Crippen LogP contribution in [0, 0.1) is 5.92 Å². The highest BCUT2D eigenvalue weighted by Crippen LogP contribution is 2.32. The van der Waals surface area contributed by atoms with Crippen LogP contribution in [0.25, 0.3) is 0 Å².